The van der Waals surface area contributed by atoms with E-state index in [0.717, 1.165) is 35.5 Å². The first-order valence-electron chi connectivity index (χ1n) is 12.3. The number of methoxy groups -OCH3 is 1. The summed E-state index contributed by atoms with van der Waals surface area (Å²) >= 11 is 0. The number of hydrogen-bond donors (Lipinski definition) is 1. The highest BCUT2D eigenvalue weighted by atomic mass is 16.5. The van der Waals surface area contributed by atoms with Crippen molar-refractivity contribution in [1.29, 1.82) is 0 Å². The first kappa shape index (κ1) is 23.7. The quantitative estimate of drug-likeness (QED) is 0.294. The molecule has 5 rings (SSSR count). The average Bonchev–Trinajstić information content (AvgIpc) is 3.51. The molecule has 1 unspecified atom stereocenters. The smallest absolute Gasteiger partial charge is 0.300 e. The second-order valence-electron chi connectivity index (χ2n) is 9.47. The van der Waals surface area contributed by atoms with Crippen molar-refractivity contribution >= 4 is 28.8 Å². The molecule has 1 amide bonds. The average molecular weight is 483 g/mol. The number of rotatable bonds is 5. The van der Waals surface area contributed by atoms with E-state index in [1.807, 2.05) is 62.4 Å². The Kier molecular flexibility index (Phi) is 6.27. The summed E-state index contributed by atoms with van der Waals surface area (Å²) in [7, 11) is 1.58. The van der Waals surface area contributed by atoms with Gasteiger partial charge in [-0.1, -0.05) is 29.8 Å². The molecule has 1 N–H and O–H groups in total. The van der Waals surface area contributed by atoms with Crippen LogP contribution in [0.4, 0.5) is 11.4 Å². The minimum atomic E-state index is -0.746. The fraction of sp³-hybridized carbons (Fsp3) is 0.267. The zero-order valence-electron chi connectivity index (χ0n) is 20.8. The number of Topliss-reactive ketones (excluding diaryl/α,β-unsaturated/α-hetero) is 1. The lowest BCUT2D eigenvalue weighted by Crippen LogP contribution is -2.29. The van der Waals surface area contributed by atoms with E-state index in [1.165, 1.54) is 17.7 Å². The van der Waals surface area contributed by atoms with Crippen LogP contribution in [-0.4, -0.2) is 37.0 Å². The molecule has 184 valence electrons. The SMILES string of the molecule is COc1ccc(/C(O)=C2/C(=O)C(=O)N(c3ccc(N4CCCC4)cc3)C2c2cccc(C)c2)c(C)c1. The molecule has 0 radical (unpaired) electrons. The van der Waals surface area contributed by atoms with Crippen LogP contribution in [0.15, 0.2) is 72.3 Å². The van der Waals surface area contributed by atoms with Gasteiger partial charge >= 0.3 is 0 Å². The molecule has 0 aromatic heterocycles. The van der Waals surface area contributed by atoms with Crippen molar-refractivity contribution in [3.8, 4) is 5.75 Å². The van der Waals surface area contributed by atoms with Crippen molar-refractivity contribution in [2.24, 2.45) is 0 Å². The molecule has 6 nitrogen and oxygen atoms in total. The number of nitrogens with zero attached hydrogens (tertiary/aromatic N) is 2. The van der Waals surface area contributed by atoms with Gasteiger partial charge in [-0.3, -0.25) is 14.5 Å². The topological polar surface area (TPSA) is 70.1 Å². The third-order valence-corrected chi connectivity index (χ3v) is 7.09. The number of ketones is 1. The summed E-state index contributed by atoms with van der Waals surface area (Å²) in [5.41, 5.74) is 4.83. The van der Waals surface area contributed by atoms with Crippen molar-refractivity contribution in [3.05, 3.63) is 94.6 Å². The third kappa shape index (κ3) is 4.13. The van der Waals surface area contributed by atoms with Crippen molar-refractivity contribution < 1.29 is 19.4 Å². The molecule has 2 heterocycles. The Morgan fingerprint density at radius 1 is 0.917 bits per heavy atom. The summed E-state index contributed by atoms with van der Waals surface area (Å²) in [6.45, 7) is 5.85. The molecular formula is C30H30N2O4. The molecule has 0 bridgehead atoms. The summed E-state index contributed by atoms with van der Waals surface area (Å²) in [5, 5.41) is 11.4. The Hall–Kier alpha value is -4.06. The predicted molar refractivity (Wildman–Crippen MR) is 142 cm³/mol. The Morgan fingerprint density at radius 2 is 1.61 bits per heavy atom. The molecule has 3 aromatic carbocycles. The highest BCUT2D eigenvalue weighted by Crippen LogP contribution is 2.43. The monoisotopic (exact) mass is 482 g/mol. The summed E-state index contributed by atoms with van der Waals surface area (Å²) in [6.07, 6.45) is 2.35. The minimum absolute atomic E-state index is 0.0856. The van der Waals surface area contributed by atoms with Gasteiger partial charge in [-0.25, -0.2) is 0 Å². The Bertz CT molecular complexity index is 1350. The van der Waals surface area contributed by atoms with Crippen LogP contribution in [0.5, 0.6) is 5.75 Å². The molecule has 2 aliphatic heterocycles. The zero-order chi connectivity index (χ0) is 25.4. The number of benzene rings is 3. The summed E-state index contributed by atoms with van der Waals surface area (Å²) < 4.78 is 5.29. The summed E-state index contributed by atoms with van der Waals surface area (Å²) in [6, 6.07) is 20.0. The van der Waals surface area contributed by atoms with Crippen LogP contribution in [0.1, 0.15) is 41.1 Å². The summed E-state index contributed by atoms with van der Waals surface area (Å²) in [4.78, 5) is 30.7. The van der Waals surface area contributed by atoms with Crippen LogP contribution < -0.4 is 14.5 Å². The van der Waals surface area contributed by atoms with E-state index in [4.69, 9.17) is 4.74 Å². The molecule has 0 spiro atoms. The van der Waals surface area contributed by atoms with Gasteiger partial charge in [0.1, 0.15) is 11.5 Å². The molecule has 2 aliphatic rings. The molecule has 6 heteroatoms. The number of hydrogen-bond acceptors (Lipinski definition) is 5. The van der Waals surface area contributed by atoms with Crippen LogP contribution in [0.2, 0.25) is 0 Å². The van der Waals surface area contributed by atoms with E-state index in [1.54, 1.807) is 25.3 Å². The van der Waals surface area contributed by atoms with Gasteiger partial charge in [-0.15, -0.1) is 0 Å². The third-order valence-electron chi connectivity index (χ3n) is 7.09. The van der Waals surface area contributed by atoms with Crippen LogP contribution in [0.25, 0.3) is 5.76 Å². The fourth-order valence-corrected chi connectivity index (χ4v) is 5.23. The number of aliphatic hydroxyl groups excluding tert-OH is 1. The molecule has 1 atom stereocenters. The lowest BCUT2D eigenvalue weighted by Gasteiger charge is -2.26. The van der Waals surface area contributed by atoms with Crippen molar-refractivity contribution in [2.45, 2.75) is 32.7 Å². The first-order chi connectivity index (χ1) is 17.4. The second kappa shape index (κ2) is 9.53. The number of aliphatic hydroxyl groups is 1. The minimum Gasteiger partial charge on any atom is -0.507 e. The van der Waals surface area contributed by atoms with E-state index in [9.17, 15) is 14.7 Å². The predicted octanol–water partition coefficient (Wildman–Crippen LogP) is 5.54. The molecule has 36 heavy (non-hydrogen) atoms. The first-order valence-corrected chi connectivity index (χ1v) is 12.3. The van der Waals surface area contributed by atoms with E-state index in [2.05, 4.69) is 4.90 Å². The normalized spacial score (nSPS) is 19.2. The Morgan fingerprint density at radius 3 is 2.25 bits per heavy atom. The number of carbonyl (C=O) groups excluding carboxylic acids is 2. The molecular weight excluding hydrogens is 452 g/mol. The van der Waals surface area contributed by atoms with Crippen LogP contribution in [0, 0.1) is 13.8 Å². The zero-order valence-corrected chi connectivity index (χ0v) is 20.8. The molecule has 3 aromatic rings. The van der Waals surface area contributed by atoms with Crippen LogP contribution in [0.3, 0.4) is 0 Å². The van der Waals surface area contributed by atoms with Crippen LogP contribution >= 0.6 is 0 Å². The van der Waals surface area contributed by atoms with Gasteiger partial charge in [0, 0.05) is 30.0 Å². The fourth-order valence-electron chi connectivity index (χ4n) is 5.23. The van der Waals surface area contributed by atoms with Gasteiger partial charge in [0.2, 0.25) is 0 Å². The lowest BCUT2D eigenvalue weighted by atomic mass is 9.93. The maximum absolute atomic E-state index is 13.4. The number of anilines is 2. The van der Waals surface area contributed by atoms with E-state index in [0.29, 0.717) is 17.0 Å². The van der Waals surface area contributed by atoms with E-state index in [-0.39, 0.29) is 11.3 Å². The Balaban J connectivity index is 1.64. The van der Waals surface area contributed by atoms with Gasteiger partial charge in [0.15, 0.2) is 0 Å². The molecule has 0 saturated carbocycles. The van der Waals surface area contributed by atoms with Crippen molar-refractivity contribution in [1.82, 2.24) is 0 Å². The van der Waals surface area contributed by atoms with Gasteiger partial charge in [0.25, 0.3) is 11.7 Å². The molecule has 2 fully saturated rings. The lowest BCUT2D eigenvalue weighted by molar-refractivity contribution is -0.132. The van der Waals surface area contributed by atoms with Crippen molar-refractivity contribution in [3.63, 3.8) is 0 Å². The van der Waals surface area contributed by atoms with Gasteiger partial charge < -0.3 is 14.7 Å². The van der Waals surface area contributed by atoms with E-state index < -0.39 is 17.7 Å². The largest absolute Gasteiger partial charge is 0.507 e. The summed E-state index contributed by atoms with van der Waals surface area (Å²) in [5.74, 6) is -0.880. The number of carbonyl (C=O) groups is 2. The van der Waals surface area contributed by atoms with Crippen molar-refractivity contribution in [2.75, 3.05) is 30.0 Å². The highest BCUT2D eigenvalue weighted by molar-refractivity contribution is 6.51. The van der Waals surface area contributed by atoms with E-state index >= 15 is 0 Å². The molecule has 2 saturated heterocycles. The molecule has 0 aliphatic carbocycles. The van der Waals surface area contributed by atoms with Gasteiger partial charge in [0.05, 0.1) is 18.7 Å². The number of amides is 1. The standard InChI is InChI=1S/C30H30N2O4/c1-19-7-6-8-21(17-19)27-26(28(33)25-14-13-24(36-3)18-20(25)2)29(34)30(35)32(27)23-11-9-22(10-12-23)31-15-4-5-16-31/h6-14,17-18,27,33H,4-5,15-16H2,1-3H3/b28-26-. The number of ether oxygens (including phenoxy) is 1. The maximum Gasteiger partial charge on any atom is 0.300 e. The highest BCUT2D eigenvalue weighted by Gasteiger charge is 2.47. The van der Waals surface area contributed by atoms with Gasteiger partial charge in [-0.05, 0) is 80.3 Å². The van der Waals surface area contributed by atoms with Crippen LogP contribution in [-0.2, 0) is 9.59 Å². The Labute approximate surface area is 211 Å². The maximum atomic E-state index is 13.4. The number of aryl methyl sites for hydroxylation is 2. The van der Waals surface area contributed by atoms with Gasteiger partial charge in [-0.2, -0.15) is 0 Å². The second-order valence-corrected chi connectivity index (χ2v) is 9.47.